The summed E-state index contributed by atoms with van der Waals surface area (Å²) in [6, 6.07) is 4.77. The lowest BCUT2D eigenvalue weighted by Crippen LogP contribution is -2.38. The van der Waals surface area contributed by atoms with E-state index in [1.807, 2.05) is 0 Å². The molecule has 0 radical (unpaired) electrons. The van der Waals surface area contributed by atoms with Gasteiger partial charge in [-0.25, -0.2) is 4.98 Å². The molecule has 0 fully saturated rings. The zero-order valence-corrected chi connectivity index (χ0v) is 12.0. The molecule has 1 aromatic carbocycles. The Labute approximate surface area is 124 Å². The van der Waals surface area contributed by atoms with E-state index < -0.39 is 5.91 Å². The van der Waals surface area contributed by atoms with Gasteiger partial charge in [0.25, 0.3) is 5.56 Å². The SMILES string of the molecule is CNC(=O)CNC(=O)Cn1cnc2ccc(Cl)cc2c1=O. The van der Waals surface area contributed by atoms with Gasteiger partial charge in [-0.3, -0.25) is 19.0 Å². The van der Waals surface area contributed by atoms with E-state index in [2.05, 4.69) is 15.6 Å². The normalized spacial score (nSPS) is 10.4. The topological polar surface area (TPSA) is 93.1 Å². The van der Waals surface area contributed by atoms with Crippen LogP contribution in [0.4, 0.5) is 0 Å². The zero-order chi connectivity index (χ0) is 15.4. The molecule has 7 nitrogen and oxygen atoms in total. The monoisotopic (exact) mass is 308 g/mol. The average Bonchev–Trinajstić information content (AvgIpc) is 2.48. The largest absolute Gasteiger partial charge is 0.358 e. The molecule has 0 unspecified atom stereocenters. The zero-order valence-electron chi connectivity index (χ0n) is 11.2. The summed E-state index contributed by atoms with van der Waals surface area (Å²) in [5.41, 5.74) is 0.143. The Kier molecular flexibility index (Phi) is 4.54. The molecule has 0 spiro atoms. The maximum absolute atomic E-state index is 12.2. The third-order valence-corrected chi connectivity index (χ3v) is 3.06. The van der Waals surface area contributed by atoms with Crippen molar-refractivity contribution in [1.29, 1.82) is 0 Å². The predicted octanol–water partition coefficient (Wildman–Crippen LogP) is -0.0879. The number of halogens is 1. The van der Waals surface area contributed by atoms with E-state index in [0.717, 1.165) is 4.57 Å². The van der Waals surface area contributed by atoms with Crippen molar-refractivity contribution in [3.8, 4) is 0 Å². The first-order valence-electron chi connectivity index (χ1n) is 6.13. The van der Waals surface area contributed by atoms with Crippen LogP contribution in [0.3, 0.4) is 0 Å². The second-order valence-electron chi connectivity index (χ2n) is 4.29. The van der Waals surface area contributed by atoms with E-state index in [1.54, 1.807) is 12.1 Å². The molecular formula is C13H13ClN4O3. The van der Waals surface area contributed by atoms with Crippen LogP contribution >= 0.6 is 11.6 Å². The molecule has 0 atom stereocenters. The van der Waals surface area contributed by atoms with Crippen molar-refractivity contribution >= 4 is 34.3 Å². The standard InChI is InChI=1S/C13H13ClN4O3/c1-15-11(19)5-16-12(20)6-18-7-17-10-3-2-8(14)4-9(10)13(18)21/h2-4,7H,5-6H2,1H3,(H,15,19)(H,16,20). The van der Waals surface area contributed by atoms with Gasteiger partial charge in [0.05, 0.1) is 23.8 Å². The van der Waals surface area contributed by atoms with Crippen molar-refractivity contribution in [3.05, 3.63) is 39.9 Å². The third kappa shape index (κ3) is 3.57. The summed E-state index contributed by atoms with van der Waals surface area (Å²) in [5.74, 6) is -0.775. The fraction of sp³-hybridized carbons (Fsp3) is 0.231. The first-order valence-corrected chi connectivity index (χ1v) is 6.51. The van der Waals surface area contributed by atoms with Gasteiger partial charge in [-0.1, -0.05) is 11.6 Å². The van der Waals surface area contributed by atoms with Crippen molar-refractivity contribution in [1.82, 2.24) is 20.2 Å². The highest BCUT2D eigenvalue weighted by Crippen LogP contribution is 2.13. The number of aromatic nitrogens is 2. The van der Waals surface area contributed by atoms with E-state index in [1.165, 1.54) is 19.4 Å². The number of fused-ring (bicyclic) bond motifs is 1. The summed E-state index contributed by atoms with van der Waals surface area (Å²) < 4.78 is 1.16. The first-order chi connectivity index (χ1) is 10.0. The molecule has 1 heterocycles. The molecule has 0 aliphatic heterocycles. The molecule has 0 aliphatic rings. The van der Waals surface area contributed by atoms with Gasteiger partial charge in [-0.2, -0.15) is 0 Å². The average molecular weight is 309 g/mol. The minimum atomic E-state index is -0.455. The minimum Gasteiger partial charge on any atom is -0.358 e. The molecule has 2 amide bonds. The Bertz CT molecular complexity index is 757. The molecule has 1 aromatic heterocycles. The molecule has 2 N–H and O–H groups in total. The highest BCUT2D eigenvalue weighted by molar-refractivity contribution is 6.31. The van der Waals surface area contributed by atoms with E-state index in [9.17, 15) is 14.4 Å². The number of nitrogens with one attached hydrogen (secondary N) is 2. The fourth-order valence-corrected chi connectivity index (χ4v) is 1.89. The highest BCUT2D eigenvalue weighted by Gasteiger charge is 2.09. The Morgan fingerprint density at radius 3 is 2.81 bits per heavy atom. The summed E-state index contributed by atoms with van der Waals surface area (Å²) in [4.78, 5) is 39.0. The number of nitrogens with zero attached hydrogens (tertiary/aromatic N) is 2. The second-order valence-corrected chi connectivity index (χ2v) is 4.73. The fourth-order valence-electron chi connectivity index (χ4n) is 1.72. The van der Waals surface area contributed by atoms with Gasteiger partial charge in [-0.05, 0) is 18.2 Å². The summed E-state index contributed by atoms with van der Waals surface area (Å²) in [6.45, 7) is -0.359. The summed E-state index contributed by atoms with van der Waals surface area (Å²) >= 11 is 5.85. The smallest absolute Gasteiger partial charge is 0.261 e. The van der Waals surface area contributed by atoms with Crippen LogP contribution in [0.2, 0.25) is 5.02 Å². The summed E-state index contributed by atoms with van der Waals surface area (Å²) in [5, 5.41) is 5.54. The van der Waals surface area contributed by atoms with Crippen LogP contribution in [0.25, 0.3) is 10.9 Å². The van der Waals surface area contributed by atoms with Crippen molar-refractivity contribution in [3.63, 3.8) is 0 Å². The summed E-state index contributed by atoms with van der Waals surface area (Å²) in [6.07, 6.45) is 1.29. The number of amides is 2. The lowest BCUT2D eigenvalue weighted by molar-refractivity contribution is -0.126. The van der Waals surface area contributed by atoms with Crippen LogP contribution in [0.15, 0.2) is 29.3 Å². The van der Waals surface area contributed by atoms with Crippen molar-refractivity contribution in [2.75, 3.05) is 13.6 Å². The number of hydrogen-bond acceptors (Lipinski definition) is 4. The Balaban J connectivity index is 2.19. The Morgan fingerprint density at radius 1 is 1.33 bits per heavy atom. The lowest BCUT2D eigenvalue weighted by atomic mass is 10.2. The van der Waals surface area contributed by atoms with Crippen LogP contribution in [0.5, 0.6) is 0 Å². The molecule has 8 heteroatoms. The van der Waals surface area contributed by atoms with Crippen molar-refractivity contribution < 1.29 is 9.59 Å². The van der Waals surface area contributed by atoms with Crippen molar-refractivity contribution in [2.45, 2.75) is 6.54 Å². The molecule has 0 saturated carbocycles. The first kappa shape index (κ1) is 15.0. The van der Waals surface area contributed by atoms with E-state index in [0.29, 0.717) is 15.9 Å². The maximum atomic E-state index is 12.2. The van der Waals surface area contributed by atoms with Crippen LogP contribution in [-0.4, -0.2) is 35.0 Å². The molecule has 0 aliphatic carbocycles. The predicted molar refractivity (Wildman–Crippen MR) is 78.1 cm³/mol. The van der Waals surface area contributed by atoms with Crippen LogP contribution in [0, 0.1) is 0 Å². The molecule has 110 valence electrons. The van der Waals surface area contributed by atoms with E-state index in [-0.39, 0.29) is 24.6 Å². The molecule has 0 saturated heterocycles. The Hall–Kier alpha value is -2.41. The lowest BCUT2D eigenvalue weighted by Gasteiger charge is -2.07. The molecule has 21 heavy (non-hydrogen) atoms. The Morgan fingerprint density at radius 2 is 2.10 bits per heavy atom. The number of carbonyl (C=O) groups excluding carboxylic acids is 2. The summed E-state index contributed by atoms with van der Waals surface area (Å²) in [7, 11) is 1.47. The van der Waals surface area contributed by atoms with Crippen LogP contribution in [0.1, 0.15) is 0 Å². The number of rotatable bonds is 4. The van der Waals surface area contributed by atoms with Gasteiger partial charge in [0, 0.05) is 12.1 Å². The van der Waals surface area contributed by atoms with Crippen molar-refractivity contribution in [2.24, 2.45) is 0 Å². The number of carbonyl (C=O) groups is 2. The van der Waals surface area contributed by atoms with Gasteiger partial charge in [0.1, 0.15) is 6.54 Å². The van der Waals surface area contributed by atoms with Gasteiger partial charge in [0.15, 0.2) is 0 Å². The molecule has 0 bridgehead atoms. The third-order valence-electron chi connectivity index (χ3n) is 2.82. The number of likely N-dealkylation sites (N-methyl/N-ethyl adjacent to an activating group) is 1. The molecule has 2 aromatic rings. The van der Waals surface area contributed by atoms with Gasteiger partial charge in [-0.15, -0.1) is 0 Å². The van der Waals surface area contributed by atoms with E-state index >= 15 is 0 Å². The number of hydrogen-bond donors (Lipinski definition) is 2. The maximum Gasteiger partial charge on any atom is 0.261 e. The van der Waals surface area contributed by atoms with Crippen LogP contribution in [-0.2, 0) is 16.1 Å². The molecular weight excluding hydrogens is 296 g/mol. The quantitative estimate of drug-likeness (QED) is 0.825. The van der Waals surface area contributed by atoms with Crippen LogP contribution < -0.4 is 16.2 Å². The molecule has 2 rings (SSSR count). The van der Waals surface area contributed by atoms with Gasteiger partial charge >= 0.3 is 0 Å². The van der Waals surface area contributed by atoms with Gasteiger partial charge < -0.3 is 10.6 Å². The second kappa shape index (κ2) is 6.36. The minimum absolute atomic E-state index is 0.142. The van der Waals surface area contributed by atoms with E-state index in [4.69, 9.17) is 11.6 Å². The number of benzene rings is 1. The highest BCUT2D eigenvalue weighted by atomic mass is 35.5. The van der Waals surface area contributed by atoms with Gasteiger partial charge in [0.2, 0.25) is 11.8 Å².